The van der Waals surface area contributed by atoms with Crippen LogP contribution in [0.15, 0.2) is 72.8 Å². The van der Waals surface area contributed by atoms with E-state index in [1.807, 2.05) is 33.4 Å². The monoisotopic (exact) mass is 838 g/mol. The number of hydrogen-bond donors (Lipinski definition) is 2. The van der Waals surface area contributed by atoms with E-state index in [2.05, 4.69) is 0 Å². The normalized spacial score (nSPS) is 11.6. The fourth-order valence-corrected chi connectivity index (χ4v) is 9.99. The highest BCUT2D eigenvalue weighted by molar-refractivity contribution is 7.22. The van der Waals surface area contributed by atoms with E-state index in [1.54, 1.807) is 62.4 Å². The number of hydrogen-bond acceptors (Lipinski definition) is 10. The number of nitrogens with two attached hydrogens (primary N) is 2. The van der Waals surface area contributed by atoms with Crippen LogP contribution in [0.2, 0.25) is 10.0 Å². The SMILES string of the molecule is CCOC(=O)c1sc2cccc(Cl)c2c1-c1nc2cc(C(N)=O)ccc2n1CCCn1c(-c2c(C(=O)OCC)sc3cccc(Cl)c23)nc2cc(C(N)=O)ccc21. The molecule has 0 saturated carbocycles. The minimum atomic E-state index is -0.605. The van der Waals surface area contributed by atoms with Gasteiger partial charge in [0, 0.05) is 44.4 Å². The van der Waals surface area contributed by atoms with Crippen LogP contribution in [0.3, 0.4) is 0 Å². The molecule has 0 radical (unpaired) electrons. The zero-order valence-electron chi connectivity index (χ0n) is 30.4. The van der Waals surface area contributed by atoms with Gasteiger partial charge in [0.2, 0.25) is 11.8 Å². The first kappa shape index (κ1) is 38.1. The molecule has 0 saturated heterocycles. The van der Waals surface area contributed by atoms with Crippen molar-refractivity contribution in [2.75, 3.05) is 13.2 Å². The van der Waals surface area contributed by atoms with Crippen molar-refractivity contribution in [2.45, 2.75) is 33.4 Å². The van der Waals surface area contributed by atoms with Gasteiger partial charge < -0.3 is 30.1 Å². The summed E-state index contributed by atoms with van der Waals surface area (Å²) in [6.07, 6.45) is 0.473. The first-order valence-corrected chi connectivity index (χ1v) is 20.3. The topological polar surface area (TPSA) is 174 Å². The first-order valence-electron chi connectivity index (χ1n) is 17.9. The number of nitrogens with zero attached hydrogens (tertiary/aromatic N) is 4. The molecule has 8 rings (SSSR count). The largest absolute Gasteiger partial charge is 0.462 e. The van der Waals surface area contributed by atoms with Gasteiger partial charge in [-0.15, -0.1) is 22.7 Å². The van der Waals surface area contributed by atoms with Crippen molar-refractivity contribution in [3.05, 3.63) is 104 Å². The number of carbonyl (C=O) groups excluding carboxylic acids is 4. The van der Waals surface area contributed by atoms with Gasteiger partial charge in [0.25, 0.3) is 0 Å². The van der Waals surface area contributed by atoms with Crippen molar-refractivity contribution < 1.29 is 28.7 Å². The molecule has 57 heavy (non-hydrogen) atoms. The number of rotatable bonds is 12. The highest BCUT2D eigenvalue weighted by Gasteiger charge is 2.29. The van der Waals surface area contributed by atoms with E-state index < -0.39 is 23.8 Å². The molecule has 0 spiro atoms. The van der Waals surface area contributed by atoms with Crippen molar-refractivity contribution in [1.82, 2.24) is 19.1 Å². The summed E-state index contributed by atoms with van der Waals surface area (Å²) in [4.78, 5) is 62.2. The quantitative estimate of drug-likeness (QED) is 0.115. The number of benzene rings is 4. The van der Waals surface area contributed by atoms with E-state index in [1.165, 1.54) is 22.7 Å². The Morgan fingerprint density at radius 1 is 0.649 bits per heavy atom. The number of esters is 2. The maximum Gasteiger partial charge on any atom is 0.349 e. The van der Waals surface area contributed by atoms with Crippen molar-refractivity contribution in [3.8, 4) is 22.8 Å². The van der Waals surface area contributed by atoms with Gasteiger partial charge in [0.1, 0.15) is 21.4 Å². The minimum absolute atomic E-state index is 0.170. The molecule has 2 amide bonds. The maximum absolute atomic E-state index is 13.5. The molecule has 0 unspecified atom stereocenters. The predicted octanol–water partition coefficient (Wildman–Crippen LogP) is 9.10. The lowest BCUT2D eigenvalue weighted by Crippen LogP contribution is -2.11. The molecule has 4 heterocycles. The third-order valence-electron chi connectivity index (χ3n) is 9.53. The molecule has 12 nitrogen and oxygen atoms in total. The number of aromatic nitrogens is 4. The fraction of sp³-hybridized carbons (Fsp3) is 0.171. The Morgan fingerprint density at radius 3 is 1.46 bits per heavy atom. The standard InChI is InChI=1S/C41H32Cl2N6O6S2/c1-3-54-40(52)34-32(30-22(42)8-5-10-28(30)56-34)38-46-24-18-20(36(44)50)12-14-26(24)48(38)16-7-17-49-27-15-13-21(37(45)51)19-25(27)47-39(49)33-31-23(43)9-6-11-29(31)57-35(33)41(53)55-4-2/h5-6,8-15,18-19H,3-4,7,16-17H2,1-2H3,(H2,44,50)(H2,45,51). The molecule has 288 valence electrons. The van der Waals surface area contributed by atoms with Crippen LogP contribution >= 0.6 is 45.9 Å². The summed E-state index contributed by atoms with van der Waals surface area (Å²) in [6, 6.07) is 21.0. The van der Waals surface area contributed by atoms with Crippen molar-refractivity contribution in [2.24, 2.45) is 11.5 Å². The number of imidazole rings is 2. The van der Waals surface area contributed by atoms with Crippen molar-refractivity contribution in [3.63, 3.8) is 0 Å². The van der Waals surface area contributed by atoms with Gasteiger partial charge in [-0.2, -0.15) is 0 Å². The lowest BCUT2D eigenvalue weighted by molar-refractivity contribution is 0.0523. The van der Waals surface area contributed by atoms with Gasteiger partial charge >= 0.3 is 11.9 Å². The average Bonchev–Trinajstić information content (AvgIpc) is 3.95. The van der Waals surface area contributed by atoms with Crippen LogP contribution in [0.1, 0.15) is 60.3 Å². The van der Waals surface area contributed by atoms with Crippen LogP contribution in [0.5, 0.6) is 0 Å². The van der Waals surface area contributed by atoms with Crippen LogP contribution in [-0.4, -0.2) is 56.1 Å². The summed E-state index contributed by atoms with van der Waals surface area (Å²) in [5.74, 6) is -1.32. The van der Waals surface area contributed by atoms with E-state index in [-0.39, 0.29) is 24.3 Å². The number of fused-ring (bicyclic) bond motifs is 4. The van der Waals surface area contributed by atoms with Gasteiger partial charge in [-0.1, -0.05) is 35.3 Å². The van der Waals surface area contributed by atoms with Gasteiger partial charge in [-0.3, -0.25) is 9.59 Å². The molecule has 4 aromatic carbocycles. The summed E-state index contributed by atoms with van der Waals surface area (Å²) < 4.78 is 16.5. The number of amides is 2. The lowest BCUT2D eigenvalue weighted by Gasteiger charge is -2.14. The molecule has 4 aromatic heterocycles. The van der Waals surface area contributed by atoms with Crippen molar-refractivity contribution >= 4 is 112 Å². The molecular weight excluding hydrogens is 808 g/mol. The molecule has 8 aromatic rings. The Bertz CT molecular complexity index is 2770. The van der Waals surface area contributed by atoms with Crippen LogP contribution in [0, 0.1) is 0 Å². The number of carbonyl (C=O) groups is 4. The van der Waals surface area contributed by atoms with E-state index in [0.717, 1.165) is 9.40 Å². The summed E-state index contributed by atoms with van der Waals surface area (Å²) in [5, 5.41) is 2.18. The smallest absolute Gasteiger partial charge is 0.349 e. The second-order valence-electron chi connectivity index (χ2n) is 12.9. The zero-order valence-corrected chi connectivity index (χ0v) is 33.6. The summed E-state index contributed by atoms with van der Waals surface area (Å²) in [5.41, 5.74) is 15.3. The Kier molecular flexibility index (Phi) is 10.2. The van der Waals surface area contributed by atoms with Crippen LogP contribution < -0.4 is 11.5 Å². The fourth-order valence-electron chi connectivity index (χ4n) is 7.11. The summed E-state index contributed by atoms with van der Waals surface area (Å²) in [7, 11) is 0. The molecule has 0 aliphatic heterocycles. The third-order valence-corrected chi connectivity index (χ3v) is 12.4. The second-order valence-corrected chi connectivity index (χ2v) is 15.9. The van der Waals surface area contributed by atoms with Crippen LogP contribution in [0.4, 0.5) is 0 Å². The van der Waals surface area contributed by atoms with Gasteiger partial charge in [-0.25, -0.2) is 19.6 Å². The zero-order chi connectivity index (χ0) is 40.1. The molecule has 16 heteroatoms. The second kappa shape index (κ2) is 15.3. The van der Waals surface area contributed by atoms with E-state index in [0.29, 0.717) is 94.9 Å². The number of ether oxygens (including phenoxy) is 2. The third kappa shape index (κ3) is 6.67. The van der Waals surface area contributed by atoms with Crippen LogP contribution in [0.25, 0.3) is 65.0 Å². The summed E-state index contributed by atoms with van der Waals surface area (Å²) in [6.45, 7) is 4.54. The minimum Gasteiger partial charge on any atom is -0.462 e. The number of thiophene rings is 2. The number of halogens is 2. The van der Waals surface area contributed by atoms with Gasteiger partial charge in [0.05, 0.1) is 56.5 Å². The molecular formula is C41H32Cl2N6O6S2. The average molecular weight is 840 g/mol. The highest BCUT2D eigenvalue weighted by Crippen LogP contribution is 2.45. The van der Waals surface area contributed by atoms with Crippen molar-refractivity contribution in [1.29, 1.82) is 0 Å². The number of primary amides is 2. The molecule has 0 aliphatic rings. The van der Waals surface area contributed by atoms with E-state index in [9.17, 15) is 19.2 Å². The molecule has 0 fully saturated rings. The molecule has 0 atom stereocenters. The van der Waals surface area contributed by atoms with E-state index >= 15 is 0 Å². The Hall–Kier alpha value is -5.80. The maximum atomic E-state index is 13.5. The molecule has 4 N–H and O–H groups in total. The highest BCUT2D eigenvalue weighted by atomic mass is 35.5. The Balaban J connectivity index is 1.30. The molecule has 0 bridgehead atoms. The molecule has 0 aliphatic carbocycles. The first-order chi connectivity index (χ1) is 27.5. The summed E-state index contributed by atoms with van der Waals surface area (Å²) >= 11 is 16.2. The predicted molar refractivity (Wildman–Crippen MR) is 225 cm³/mol. The number of aryl methyl sites for hydroxylation is 2. The van der Waals surface area contributed by atoms with Crippen LogP contribution in [-0.2, 0) is 22.6 Å². The Morgan fingerprint density at radius 2 is 1.07 bits per heavy atom. The van der Waals surface area contributed by atoms with E-state index in [4.69, 9.17) is 54.1 Å². The van der Waals surface area contributed by atoms with Gasteiger partial charge in [0.15, 0.2) is 0 Å². The lowest BCUT2D eigenvalue weighted by atomic mass is 10.1. The Labute approximate surface area is 342 Å². The van der Waals surface area contributed by atoms with Gasteiger partial charge in [-0.05, 0) is 80.9 Å².